The second-order valence-electron chi connectivity index (χ2n) is 8.14. The molecule has 3 N–H and O–H groups in total. The van der Waals surface area contributed by atoms with Crippen LogP contribution in [0, 0.1) is 6.92 Å². The van der Waals surface area contributed by atoms with Gasteiger partial charge in [0.1, 0.15) is 11.5 Å². The minimum Gasteiger partial charge on any atom is -0.508 e. The monoisotopic (exact) mass is 386 g/mol. The van der Waals surface area contributed by atoms with E-state index in [1.54, 1.807) is 6.07 Å². The van der Waals surface area contributed by atoms with Gasteiger partial charge in [-0.3, -0.25) is 0 Å². The summed E-state index contributed by atoms with van der Waals surface area (Å²) in [6.07, 6.45) is 1.14. The van der Waals surface area contributed by atoms with Crippen LogP contribution in [-0.4, -0.2) is 22.4 Å². The highest BCUT2D eigenvalue weighted by molar-refractivity contribution is 6.31. The number of benzene rings is 2. The van der Waals surface area contributed by atoms with E-state index in [1.807, 2.05) is 51.1 Å². The minimum absolute atomic E-state index is 0.0593. The summed E-state index contributed by atoms with van der Waals surface area (Å²) in [5.74, 6) is 0.725. The number of phenols is 1. The second kappa shape index (κ2) is 6.06. The molecule has 0 unspecified atom stereocenters. The molecular formula is C21H23ClN2O3. The Morgan fingerprint density at radius 3 is 2.59 bits per heavy atom. The Balaban J connectivity index is 1.89. The zero-order chi connectivity index (χ0) is 19.4. The zero-order valence-electron chi connectivity index (χ0n) is 15.6. The number of urea groups is 1. The fourth-order valence-corrected chi connectivity index (χ4v) is 4.62. The number of amides is 2. The summed E-state index contributed by atoms with van der Waals surface area (Å²) < 4.78 is 6.39. The van der Waals surface area contributed by atoms with Gasteiger partial charge in [0.2, 0.25) is 0 Å². The van der Waals surface area contributed by atoms with Crippen LogP contribution in [0.5, 0.6) is 11.5 Å². The van der Waals surface area contributed by atoms with E-state index in [-0.39, 0.29) is 17.7 Å². The third-order valence-electron chi connectivity index (χ3n) is 5.42. The van der Waals surface area contributed by atoms with Crippen LogP contribution in [0.4, 0.5) is 4.79 Å². The average Bonchev–Trinajstić information content (AvgIpc) is 2.56. The van der Waals surface area contributed by atoms with Crippen molar-refractivity contribution in [2.75, 3.05) is 0 Å². The summed E-state index contributed by atoms with van der Waals surface area (Å²) >= 11 is 6.52. The number of hydrogen-bond donors (Lipinski definition) is 3. The largest absolute Gasteiger partial charge is 0.508 e. The zero-order valence-corrected chi connectivity index (χ0v) is 16.4. The molecule has 2 aromatic rings. The van der Waals surface area contributed by atoms with Gasteiger partial charge in [0.25, 0.3) is 0 Å². The Hall–Kier alpha value is -2.40. The van der Waals surface area contributed by atoms with E-state index in [2.05, 4.69) is 10.6 Å². The fraction of sp³-hybridized carbons (Fsp3) is 0.381. The van der Waals surface area contributed by atoms with Crippen molar-refractivity contribution in [3.8, 4) is 11.5 Å². The minimum atomic E-state index is -0.874. The number of hydrogen-bond acceptors (Lipinski definition) is 3. The molecular weight excluding hydrogens is 364 g/mol. The van der Waals surface area contributed by atoms with Crippen LogP contribution in [0.15, 0.2) is 36.4 Å². The number of rotatable bonds is 1. The van der Waals surface area contributed by atoms with Gasteiger partial charge in [-0.05, 0) is 38.5 Å². The quantitative estimate of drug-likeness (QED) is 0.678. The van der Waals surface area contributed by atoms with Gasteiger partial charge in [-0.15, -0.1) is 0 Å². The van der Waals surface area contributed by atoms with Crippen LogP contribution in [0.1, 0.15) is 49.3 Å². The number of halogens is 1. The molecule has 1 fully saturated rings. The van der Waals surface area contributed by atoms with E-state index >= 15 is 0 Å². The smallest absolute Gasteiger partial charge is 0.318 e. The molecule has 27 heavy (non-hydrogen) atoms. The second-order valence-corrected chi connectivity index (χ2v) is 8.55. The topological polar surface area (TPSA) is 70.6 Å². The Labute approximate surface area is 163 Å². The van der Waals surface area contributed by atoms with E-state index in [1.165, 1.54) is 0 Å². The highest BCUT2D eigenvalue weighted by atomic mass is 35.5. The van der Waals surface area contributed by atoms with Crippen molar-refractivity contribution in [3.05, 3.63) is 58.1 Å². The maximum absolute atomic E-state index is 12.3. The molecule has 2 aliphatic heterocycles. The third-order valence-corrected chi connectivity index (χ3v) is 5.76. The SMILES string of the molecule is Cc1c(O)ccc2c1O[C@@]1(C[C@H]2c2ccccc2Cl)CC(C)(C)NC(=O)N1. The third kappa shape index (κ3) is 3.10. The van der Waals surface area contributed by atoms with Crippen molar-refractivity contribution in [2.45, 2.75) is 50.8 Å². The van der Waals surface area contributed by atoms with Gasteiger partial charge in [0.05, 0.1) is 0 Å². The molecule has 0 radical (unpaired) electrons. The first-order valence-electron chi connectivity index (χ1n) is 9.06. The Morgan fingerprint density at radius 2 is 1.89 bits per heavy atom. The van der Waals surface area contributed by atoms with Crippen LogP contribution >= 0.6 is 11.6 Å². The maximum Gasteiger partial charge on any atom is 0.318 e. The van der Waals surface area contributed by atoms with Crippen molar-refractivity contribution < 1.29 is 14.6 Å². The van der Waals surface area contributed by atoms with Crippen molar-refractivity contribution in [2.24, 2.45) is 0 Å². The van der Waals surface area contributed by atoms with Crippen molar-refractivity contribution >= 4 is 17.6 Å². The van der Waals surface area contributed by atoms with Gasteiger partial charge in [-0.25, -0.2) is 4.79 Å². The van der Waals surface area contributed by atoms with Gasteiger partial charge in [-0.1, -0.05) is 35.9 Å². The molecule has 2 heterocycles. The molecule has 0 bridgehead atoms. The lowest BCUT2D eigenvalue weighted by molar-refractivity contribution is -0.0241. The molecule has 142 valence electrons. The number of nitrogens with one attached hydrogen (secondary N) is 2. The van der Waals surface area contributed by atoms with Crippen molar-refractivity contribution in [1.29, 1.82) is 0 Å². The molecule has 0 aromatic heterocycles. The predicted molar refractivity (Wildman–Crippen MR) is 104 cm³/mol. The summed E-state index contributed by atoms with van der Waals surface area (Å²) in [5, 5.41) is 16.8. The first-order valence-corrected chi connectivity index (χ1v) is 9.44. The molecule has 2 aliphatic rings. The lowest BCUT2D eigenvalue weighted by Gasteiger charge is -2.49. The Bertz CT molecular complexity index is 928. The molecule has 4 rings (SSSR count). The molecule has 1 spiro atoms. The Morgan fingerprint density at radius 1 is 1.15 bits per heavy atom. The highest BCUT2D eigenvalue weighted by Gasteiger charge is 2.50. The first-order chi connectivity index (χ1) is 12.7. The molecule has 6 heteroatoms. The summed E-state index contributed by atoms with van der Waals surface area (Å²) in [5.41, 5.74) is 1.32. The van der Waals surface area contributed by atoms with Crippen LogP contribution in [0.3, 0.4) is 0 Å². The van der Waals surface area contributed by atoms with E-state index < -0.39 is 11.3 Å². The van der Waals surface area contributed by atoms with E-state index in [9.17, 15) is 9.90 Å². The summed E-state index contributed by atoms with van der Waals surface area (Å²) in [6, 6.07) is 11.0. The molecule has 2 atom stereocenters. The van der Waals surface area contributed by atoms with Gasteiger partial charge < -0.3 is 20.5 Å². The Kier molecular flexibility index (Phi) is 4.04. The molecule has 5 nitrogen and oxygen atoms in total. The van der Waals surface area contributed by atoms with Crippen LogP contribution < -0.4 is 15.4 Å². The normalized spacial score (nSPS) is 25.9. The molecule has 1 saturated heterocycles. The van der Waals surface area contributed by atoms with Crippen molar-refractivity contribution in [1.82, 2.24) is 10.6 Å². The molecule has 2 aromatic carbocycles. The lowest BCUT2D eigenvalue weighted by Crippen LogP contribution is -2.69. The first kappa shape index (κ1) is 18.0. The number of carbonyl (C=O) groups is 1. The fourth-order valence-electron chi connectivity index (χ4n) is 4.36. The highest BCUT2D eigenvalue weighted by Crippen LogP contribution is 2.50. The van der Waals surface area contributed by atoms with E-state index in [0.29, 0.717) is 29.2 Å². The van der Waals surface area contributed by atoms with Gasteiger partial charge >= 0.3 is 6.03 Å². The van der Waals surface area contributed by atoms with Crippen LogP contribution in [0.25, 0.3) is 0 Å². The lowest BCUT2D eigenvalue weighted by atomic mass is 9.76. The number of phenolic OH excluding ortho intramolecular Hbond substituents is 1. The van der Waals surface area contributed by atoms with Gasteiger partial charge in [0, 0.05) is 40.4 Å². The summed E-state index contributed by atoms with van der Waals surface area (Å²) in [7, 11) is 0. The van der Waals surface area contributed by atoms with Crippen LogP contribution in [-0.2, 0) is 0 Å². The summed E-state index contributed by atoms with van der Waals surface area (Å²) in [4.78, 5) is 12.3. The maximum atomic E-state index is 12.3. The number of ether oxygens (including phenoxy) is 1. The number of carbonyl (C=O) groups excluding carboxylic acids is 1. The van der Waals surface area contributed by atoms with Gasteiger partial charge in [0.15, 0.2) is 5.72 Å². The molecule has 0 saturated carbocycles. The molecule has 2 amide bonds. The van der Waals surface area contributed by atoms with Gasteiger partial charge in [-0.2, -0.15) is 0 Å². The molecule has 0 aliphatic carbocycles. The predicted octanol–water partition coefficient (Wildman–Crippen LogP) is 4.45. The van der Waals surface area contributed by atoms with E-state index in [4.69, 9.17) is 16.3 Å². The standard InChI is InChI=1S/C21H23ClN2O3/c1-12-17(25)9-8-14-15(13-6-4-5-7-16(13)22)10-21(27-18(12)14)11-20(2,3)23-19(26)24-21/h4-9,15,25H,10-11H2,1-3H3,(H2,23,24,26)/t15-,21-/m0/s1. The average molecular weight is 387 g/mol. The van der Waals surface area contributed by atoms with Crippen LogP contribution in [0.2, 0.25) is 5.02 Å². The number of fused-ring (bicyclic) bond motifs is 1. The summed E-state index contributed by atoms with van der Waals surface area (Å²) in [6.45, 7) is 5.78. The number of aromatic hydroxyl groups is 1. The van der Waals surface area contributed by atoms with Crippen molar-refractivity contribution in [3.63, 3.8) is 0 Å². The van der Waals surface area contributed by atoms with E-state index in [0.717, 1.165) is 11.1 Å².